The zero-order chi connectivity index (χ0) is 12.0. The Morgan fingerprint density at radius 3 is 2.18 bits per heavy atom. The summed E-state index contributed by atoms with van der Waals surface area (Å²) in [4.78, 5) is 12.4. The molecule has 0 heterocycles. The van der Waals surface area contributed by atoms with Gasteiger partial charge in [0.15, 0.2) is 5.78 Å². The molecule has 84 valence electrons. The van der Waals surface area contributed by atoms with E-state index in [9.17, 15) is 4.79 Å². The minimum atomic E-state index is 0.180. The summed E-state index contributed by atoms with van der Waals surface area (Å²) in [5.41, 5.74) is 5.08. The van der Waals surface area contributed by atoms with Crippen LogP contribution in [0, 0.1) is 0 Å². The van der Waals surface area contributed by atoms with Gasteiger partial charge in [-0.1, -0.05) is 56.3 Å². The number of fused-ring (bicyclic) bond motifs is 3. The number of hydrogen-bond acceptors (Lipinski definition) is 1. The highest BCUT2D eigenvalue weighted by Gasteiger charge is 2.28. The molecular weight excluding hydrogens is 208 g/mol. The number of benzene rings is 2. The van der Waals surface area contributed by atoms with E-state index in [0.717, 1.165) is 27.8 Å². The second kappa shape index (κ2) is 3.56. The van der Waals surface area contributed by atoms with Crippen LogP contribution in [0.5, 0.6) is 0 Å². The molecule has 0 spiro atoms. The van der Waals surface area contributed by atoms with Crippen molar-refractivity contribution in [3.8, 4) is 11.1 Å². The van der Waals surface area contributed by atoms with Gasteiger partial charge < -0.3 is 0 Å². The van der Waals surface area contributed by atoms with Crippen LogP contribution in [-0.4, -0.2) is 5.78 Å². The van der Waals surface area contributed by atoms with Crippen molar-refractivity contribution in [2.45, 2.75) is 19.8 Å². The van der Waals surface area contributed by atoms with Crippen LogP contribution in [0.2, 0.25) is 0 Å². The van der Waals surface area contributed by atoms with E-state index >= 15 is 0 Å². The summed E-state index contributed by atoms with van der Waals surface area (Å²) in [7, 11) is 0. The smallest absolute Gasteiger partial charge is 0.194 e. The first-order chi connectivity index (χ1) is 8.20. The van der Waals surface area contributed by atoms with Crippen molar-refractivity contribution < 1.29 is 4.79 Å². The molecule has 1 aliphatic rings. The fourth-order valence-electron chi connectivity index (χ4n) is 2.58. The Bertz CT molecular complexity index is 609. The minimum Gasteiger partial charge on any atom is -0.289 e. The zero-order valence-corrected chi connectivity index (χ0v) is 10.0. The van der Waals surface area contributed by atoms with Gasteiger partial charge in [0, 0.05) is 11.1 Å². The largest absolute Gasteiger partial charge is 0.289 e. The molecule has 0 aromatic heterocycles. The van der Waals surface area contributed by atoms with E-state index in [0.29, 0.717) is 5.92 Å². The maximum absolute atomic E-state index is 12.4. The molecule has 0 atom stereocenters. The van der Waals surface area contributed by atoms with Crippen molar-refractivity contribution in [3.05, 3.63) is 59.2 Å². The average Bonchev–Trinajstić information content (AvgIpc) is 2.64. The molecular formula is C16H14O. The number of carbonyl (C=O) groups is 1. The maximum Gasteiger partial charge on any atom is 0.194 e. The van der Waals surface area contributed by atoms with Crippen LogP contribution in [-0.2, 0) is 0 Å². The second-order valence-corrected chi connectivity index (χ2v) is 4.80. The van der Waals surface area contributed by atoms with Gasteiger partial charge in [-0.15, -0.1) is 0 Å². The molecule has 17 heavy (non-hydrogen) atoms. The third kappa shape index (κ3) is 1.35. The van der Waals surface area contributed by atoms with Crippen molar-refractivity contribution in [1.29, 1.82) is 0 Å². The van der Waals surface area contributed by atoms with Crippen LogP contribution in [0.1, 0.15) is 41.3 Å². The van der Waals surface area contributed by atoms with Crippen LogP contribution >= 0.6 is 0 Å². The standard InChI is InChI=1S/C16H14O/c1-10(2)11-8-5-9-13-12-6-3-4-7-14(12)16(17)15(11)13/h3-10H,1-2H3. The SMILES string of the molecule is CC(C)c1cccc2c1C(=O)c1ccccc1-2. The maximum atomic E-state index is 12.4. The highest BCUT2D eigenvalue weighted by Crippen LogP contribution is 2.39. The summed E-state index contributed by atoms with van der Waals surface area (Å²) in [5, 5.41) is 0. The Labute approximate surface area is 101 Å². The predicted molar refractivity (Wildman–Crippen MR) is 69.4 cm³/mol. The lowest BCUT2D eigenvalue weighted by molar-refractivity contribution is 0.104. The van der Waals surface area contributed by atoms with Gasteiger partial charge >= 0.3 is 0 Å². The Hall–Kier alpha value is -1.89. The van der Waals surface area contributed by atoms with E-state index in [-0.39, 0.29) is 5.78 Å². The summed E-state index contributed by atoms with van der Waals surface area (Å²) in [6.45, 7) is 4.26. The highest BCUT2D eigenvalue weighted by molar-refractivity contribution is 6.22. The molecule has 0 saturated carbocycles. The summed E-state index contributed by atoms with van der Waals surface area (Å²) in [5.74, 6) is 0.558. The van der Waals surface area contributed by atoms with Gasteiger partial charge in [0.25, 0.3) is 0 Å². The number of carbonyl (C=O) groups excluding carboxylic acids is 1. The third-order valence-corrected chi connectivity index (χ3v) is 3.41. The fraction of sp³-hybridized carbons (Fsp3) is 0.188. The van der Waals surface area contributed by atoms with Crippen LogP contribution < -0.4 is 0 Å². The second-order valence-electron chi connectivity index (χ2n) is 4.80. The Morgan fingerprint density at radius 2 is 1.47 bits per heavy atom. The van der Waals surface area contributed by atoms with Crippen LogP contribution in [0.25, 0.3) is 11.1 Å². The Kier molecular flexibility index (Phi) is 2.15. The molecule has 3 rings (SSSR count). The zero-order valence-electron chi connectivity index (χ0n) is 10.0. The molecule has 0 aliphatic heterocycles. The van der Waals surface area contributed by atoms with Gasteiger partial charge in [0.1, 0.15) is 0 Å². The molecule has 1 nitrogen and oxygen atoms in total. The molecule has 0 fully saturated rings. The first-order valence-electron chi connectivity index (χ1n) is 5.97. The van der Waals surface area contributed by atoms with Crippen molar-refractivity contribution in [2.24, 2.45) is 0 Å². The first kappa shape index (κ1) is 10.3. The summed E-state index contributed by atoms with van der Waals surface area (Å²) >= 11 is 0. The van der Waals surface area contributed by atoms with Gasteiger partial charge in [0.05, 0.1) is 0 Å². The lowest BCUT2D eigenvalue weighted by Gasteiger charge is -2.10. The molecule has 0 bridgehead atoms. The first-order valence-corrected chi connectivity index (χ1v) is 5.97. The molecule has 1 heteroatoms. The van der Waals surface area contributed by atoms with Gasteiger partial charge in [-0.3, -0.25) is 4.79 Å². The molecule has 1 aliphatic carbocycles. The molecule has 0 amide bonds. The van der Waals surface area contributed by atoms with Crippen LogP contribution in [0.3, 0.4) is 0 Å². The van der Waals surface area contributed by atoms with Gasteiger partial charge in [0.2, 0.25) is 0 Å². The molecule has 0 unspecified atom stereocenters. The van der Waals surface area contributed by atoms with Crippen molar-refractivity contribution in [2.75, 3.05) is 0 Å². The quantitative estimate of drug-likeness (QED) is 0.607. The number of rotatable bonds is 1. The summed E-state index contributed by atoms with van der Waals surface area (Å²) in [6, 6.07) is 14.0. The summed E-state index contributed by atoms with van der Waals surface area (Å²) in [6.07, 6.45) is 0. The normalized spacial score (nSPS) is 12.8. The molecule has 0 N–H and O–H groups in total. The van der Waals surface area contributed by atoms with E-state index in [4.69, 9.17) is 0 Å². The van der Waals surface area contributed by atoms with Gasteiger partial charge in [-0.25, -0.2) is 0 Å². The van der Waals surface area contributed by atoms with Gasteiger partial charge in [-0.2, -0.15) is 0 Å². The van der Waals surface area contributed by atoms with E-state index in [1.54, 1.807) is 0 Å². The monoisotopic (exact) mass is 222 g/mol. The minimum absolute atomic E-state index is 0.180. The number of ketones is 1. The van der Waals surface area contributed by atoms with E-state index in [1.807, 2.05) is 36.4 Å². The molecule has 0 radical (unpaired) electrons. The fourth-order valence-corrected chi connectivity index (χ4v) is 2.58. The molecule has 2 aromatic carbocycles. The lowest BCUT2D eigenvalue weighted by atomic mass is 9.93. The Morgan fingerprint density at radius 1 is 0.824 bits per heavy atom. The van der Waals surface area contributed by atoms with E-state index in [1.165, 1.54) is 0 Å². The highest BCUT2D eigenvalue weighted by atomic mass is 16.1. The molecule has 2 aromatic rings. The van der Waals surface area contributed by atoms with Crippen LogP contribution in [0.4, 0.5) is 0 Å². The van der Waals surface area contributed by atoms with Crippen molar-refractivity contribution in [1.82, 2.24) is 0 Å². The summed E-state index contributed by atoms with van der Waals surface area (Å²) < 4.78 is 0. The van der Waals surface area contributed by atoms with Gasteiger partial charge in [-0.05, 0) is 22.6 Å². The van der Waals surface area contributed by atoms with Crippen LogP contribution in [0.15, 0.2) is 42.5 Å². The topological polar surface area (TPSA) is 17.1 Å². The third-order valence-electron chi connectivity index (χ3n) is 3.41. The van der Waals surface area contributed by atoms with E-state index in [2.05, 4.69) is 19.9 Å². The van der Waals surface area contributed by atoms with Crippen molar-refractivity contribution in [3.63, 3.8) is 0 Å². The predicted octanol–water partition coefficient (Wildman–Crippen LogP) is 4.02. The Balaban J connectivity index is 2.34. The average molecular weight is 222 g/mol. The van der Waals surface area contributed by atoms with E-state index < -0.39 is 0 Å². The lowest BCUT2D eigenvalue weighted by Crippen LogP contribution is -2.02. The number of hydrogen-bond donors (Lipinski definition) is 0. The van der Waals surface area contributed by atoms with Crippen molar-refractivity contribution >= 4 is 5.78 Å². The molecule has 0 saturated heterocycles.